The predicted molar refractivity (Wildman–Crippen MR) is 82.4 cm³/mol. The van der Waals surface area contributed by atoms with Gasteiger partial charge in [0.15, 0.2) is 0 Å². The van der Waals surface area contributed by atoms with Gasteiger partial charge in [-0.25, -0.2) is 4.39 Å². The van der Waals surface area contributed by atoms with E-state index in [1.54, 1.807) is 31.4 Å². The van der Waals surface area contributed by atoms with E-state index >= 15 is 0 Å². The second-order valence-electron chi connectivity index (χ2n) is 5.41. The summed E-state index contributed by atoms with van der Waals surface area (Å²) in [6, 6.07) is 13.6. The van der Waals surface area contributed by atoms with E-state index in [0.29, 0.717) is 17.9 Å². The van der Waals surface area contributed by atoms with Crippen LogP contribution < -0.4 is 4.74 Å². The lowest BCUT2D eigenvalue weighted by molar-refractivity contribution is 0.0732. The van der Waals surface area contributed by atoms with E-state index < -0.39 is 0 Å². The molecule has 1 heterocycles. The molecule has 1 unspecified atom stereocenters. The summed E-state index contributed by atoms with van der Waals surface area (Å²) in [4.78, 5) is 14.7. The Morgan fingerprint density at radius 1 is 1.18 bits per heavy atom. The zero-order valence-electron chi connectivity index (χ0n) is 12.5. The average Bonchev–Trinajstić information content (AvgIpc) is 3.04. The van der Waals surface area contributed by atoms with Gasteiger partial charge in [-0.3, -0.25) is 4.79 Å². The number of likely N-dealkylation sites (tertiary alicyclic amines) is 1. The molecule has 2 aromatic rings. The third-order valence-electron chi connectivity index (χ3n) is 4.11. The Morgan fingerprint density at radius 2 is 1.91 bits per heavy atom. The Kier molecular flexibility index (Phi) is 4.09. The van der Waals surface area contributed by atoms with Crippen LogP contribution in [0.3, 0.4) is 0 Å². The minimum atomic E-state index is -0.260. The molecule has 1 fully saturated rings. The number of hydrogen-bond acceptors (Lipinski definition) is 2. The fourth-order valence-corrected chi connectivity index (χ4v) is 3.02. The van der Waals surface area contributed by atoms with E-state index in [-0.39, 0.29) is 17.8 Å². The van der Waals surface area contributed by atoms with Gasteiger partial charge < -0.3 is 9.64 Å². The first-order valence-electron chi connectivity index (χ1n) is 7.40. The molecule has 0 saturated carbocycles. The van der Waals surface area contributed by atoms with Crippen LogP contribution in [0, 0.1) is 5.82 Å². The Hall–Kier alpha value is -2.36. The van der Waals surface area contributed by atoms with Crippen molar-refractivity contribution in [3.8, 4) is 5.75 Å². The van der Waals surface area contributed by atoms with Crippen LogP contribution in [0.5, 0.6) is 5.75 Å². The minimum Gasteiger partial charge on any atom is -0.496 e. The largest absolute Gasteiger partial charge is 0.496 e. The van der Waals surface area contributed by atoms with Crippen molar-refractivity contribution in [3.63, 3.8) is 0 Å². The van der Waals surface area contributed by atoms with Crippen molar-refractivity contribution in [2.45, 2.75) is 18.9 Å². The molecule has 0 bridgehead atoms. The van der Waals surface area contributed by atoms with E-state index in [4.69, 9.17) is 4.74 Å². The molecule has 0 radical (unpaired) electrons. The number of para-hydroxylation sites is 1. The van der Waals surface area contributed by atoms with Crippen LogP contribution >= 0.6 is 0 Å². The van der Waals surface area contributed by atoms with Crippen LogP contribution in [0.25, 0.3) is 0 Å². The van der Waals surface area contributed by atoms with Crippen LogP contribution in [-0.2, 0) is 0 Å². The molecule has 1 aliphatic rings. The lowest BCUT2D eigenvalue weighted by atomic mass is 10.0. The number of methoxy groups -OCH3 is 1. The highest BCUT2D eigenvalue weighted by molar-refractivity contribution is 5.97. The fourth-order valence-electron chi connectivity index (χ4n) is 3.02. The van der Waals surface area contributed by atoms with Gasteiger partial charge in [-0.1, -0.05) is 24.3 Å². The molecule has 3 rings (SSSR count). The Bertz CT molecular complexity index is 669. The maximum absolute atomic E-state index is 13.1. The summed E-state index contributed by atoms with van der Waals surface area (Å²) in [7, 11) is 1.56. The molecular weight excluding hydrogens is 281 g/mol. The highest BCUT2D eigenvalue weighted by Crippen LogP contribution is 2.34. The van der Waals surface area contributed by atoms with Gasteiger partial charge in [-0.15, -0.1) is 0 Å². The molecule has 1 amide bonds. The first-order valence-corrected chi connectivity index (χ1v) is 7.40. The standard InChI is InChI=1S/C18H18FNO2/c1-22-17-7-3-2-5-15(17)18(21)20-12-4-6-16(20)13-8-10-14(19)11-9-13/h2-3,5,7-11,16H,4,6,12H2,1H3. The number of carbonyl (C=O) groups excluding carboxylic acids is 1. The van der Waals surface area contributed by atoms with Gasteiger partial charge in [0.25, 0.3) is 5.91 Å². The first-order chi connectivity index (χ1) is 10.7. The smallest absolute Gasteiger partial charge is 0.258 e. The second kappa shape index (κ2) is 6.18. The van der Waals surface area contributed by atoms with Gasteiger partial charge >= 0.3 is 0 Å². The molecule has 1 atom stereocenters. The molecule has 3 nitrogen and oxygen atoms in total. The average molecular weight is 299 g/mol. The molecule has 4 heteroatoms. The van der Waals surface area contributed by atoms with Gasteiger partial charge in [0, 0.05) is 6.54 Å². The molecule has 0 N–H and O–H groups in total. The van der Waals surface area contributed by atoms with Gasteiger partial charge in [0.05, 0.1) is 18.7 Å². The third-order valence-corrected chi connectivity index (χ3v) is 4.11. The normalized spacial score (nSPS) is 17.5. The number of benzene rings is 2. The van der Waals surface area contributed by atoms with Crippen LogP contribution in [-0.4, -0.2) is 24.5 Å². The van der Waals surface area contributed by atoms with Crippen LogP contribution in [0.2, 0.25) is 0 Å². The summed E-state index contributed by atoms with van der Waals surface area (Å²) in [5.74, 6) is 0.283. The van der Waals surface area contributed by atoms with Crippen molar-refractivity contribution in [1.29, 1.82) is 0 Å². The molecule has 2 aromatic carbocycles. The molecular formula is C18H18FNO2. The van der Waals surface area contributed by atoms with E-state index in [2.05, 4.69) is 0 Å². The monoisotopic (exact) mass is 299 g/mol. The quantitative estimate of drug-likeness (QED) is 0.862. The van der Waals surface area contributed by atoms with Crippen LogP contribution in [0.15, 0.2) is 48.5 Å². The summed E-state index contributed by atoms with van der Waals surface area (Å²) in [5, 5.41) is 0. The highest BCUT2D eigenvalue weighted by atomic mass is 19.1. The maximum atomic E-state index is 13.1. The maximum Gasteiger partial charge on any atom is 0.258 e. The first kappa shape index (κ1) is 14.6. The Morgan fingerprint density at radius 3 is 2.64 bits per heavy atom. The number of amides is 1. The molecule has 0 spiro atoms. The SMILES string of the molecule is COc1ccccc1C(=O)N1CCCC1c1ccc(F)cc1. The van der Waals surface area contributed by atoms with Crippen molar-refractivity contribution in [3.05, 3.63) is 65.5 Å². The van der Waals surface area contributed by atoms with Crippen molar-refractivity contribution >= 4 is 5.91 Å². The van der Waals surface area contributed by atoms with Gasteiger partial charge in [0.1, 0.15) is 11.6 Å². The molecule has 22 heavy (non-hydrogen) atoms. The van der Waals surface area contributed by atoms with Crippen molar-refractivity contribution in [2.24, 2.45) is 0 Å². The molecule has 1 saturated heterocycles. The summed E-state index contributed by atoms with van der Waals surface area (Å²) in [5.41, 5.74) is 1.54. The Labute approximate surface area is 129 Å². The number of nitrogens with zero attached hydrogens (tertiary/aromatic N) is 1. The zero-order chi connectivity index (χ0) is 15.5. The van der Waals surface area contributed by atoms with E-state index in [1.165, 1.54) is 12.1 Å². The van der Waals surface area contributed by atoms with E-state index in [9.17, 15) is 9.18 Å². The minimum absolute atomic E-state index is 0.00184. The predicted octanol–water partition coefficient (Wildman–Crippen LogP) is 3.81. The van der Waals surface area contributed by atoms with Crippen molar-refractivity contribution < 1.29 is 13.9 Å². The number of carbonyl (C=O) groups is 1. The molecule has 0 aliphatic carbocycles. The Balaban J connectivity index is 1.89. The summed E-state index contributed by atoms with van der Waals surface area (Å²) in [6.45, 7) is 0.707. The summed E-state index contributed by atoms with van der Waals surface area (Å²) in [6.07, 6.45) is 1.84. The van der Waals surface area contributed by atoms with Gasteiger partial charge in [0.2, 0.25) is 0 Å². The van der Waals surface area contributed by atoms with Gasteiger partial charge in [-0.05, 0) is 42.7 Å². The second-order valence-corrected chi connectivity index (χ2v) is 5.41. The number of rotatable bonds is 3. The fraction of sp³-hybridized carbons (Fsp3) is 0.278. The molecule has 1 aliphatic heterocycles. The van der Waals surface area contributed by atoms with Crippen molar-refractivity contribution in [2.75, 3.05) is 13.7 Å². The summed E-state index contributed by atoms with van der Waals surface area (Å²) >= 11 is 0. The lowest BCUT2D eigenvalue weighted by Crippen LogP contribution is -2.30. The van der Waals surface area contributed by atoms with Crippen molar-refractivity contribution in [1.82, 2.24) is 4.90 Å². The number of hydrogen-bond donors (Lipinski definition) is 0. The lowest BCUT2D eigenvalue weighted by Gasteiger charge is -2.26. The topological polar surface area (TPSA) is 29.5 Å². The number of halogens is 1. The van der Waals surface area contributed by atoms with Crippen LogP contribution in [0.4, 0.5) is 4.39 Å². The summed E-state index contributed by atoms with van der Waals surface area (Å²) < 4.78 is 18.4. The number of ether oxygens (including phenoxy) is 1. The highest BCUT2D eigenvalue weighted by Gasteiger charge is 2.31. The molecule has 114 valence electrons. The van der Waals surface area contributed by atoms with Gasteiger partial charge in [-0.2, -0.15) is 0 Å². The van der Waals surface area contributed by atoms with E-state index in [0.717, 1.165) is 18.4 Å². The third kappa shape index (κ3) is 2.69. The van der Waals surface area contributed by atoms with Crippen LogP contribution in [0.1, 0.15) is 34.8 Å². The van der Waals surface area contributed by atoms with E-state index in [1.807, 2.05) is 17.0 Å². The zero-order valence-corrected chi connectivity index (χ0v) is 12.5. The molecule has 0 aromatic heterocycles.